The largest absolute Gasteiger partial charge is 0.494 e. The Labute approximate surface area is 149 Å². The molecular formula is C20H16N4O2. The number of H-pyrrole nitrogens is 2. The molecule has 0 radical (unpaired) electrons. The zero-order valence-electron chi connectivity index (χ0n) is 14.1. The highest BCUT2D eigenvalue weighted by molar-refractivity contribution is 5.88. The zero-order chi connectivity index (χ0) is 17.9. The van der Waals surface area contributed by atoms with Crippen LogP contribution >= 0.6 is 0 Å². The van der Waals surface area contributed by atoms with E-state index in [0.717, 1.165) is 16.3 Å². The summed E-state index contributed by atoms with van der Waals surface area (Å²) in [5.74, 6) is 0.593. The van der Waals surface area contributed by atoms with E-state index in [1.54, 1.807) is 19.2 Å². The number of methoxy groups -OCH3 is 1. The third-order valence-electron chi connectivity index (χ3n) is 4.13. The number of nitrogens with zero attached hydrogens (tertiary/aromatic N) is 2. The number of para-hydroxylation sites is 1. The second-order valence-electron chi connectivity index (χ2n) is 5.74. The standard InChI is InChI=1S/C20H16N4O2/c1-26-17-9-5-4-8-16(17)21-23-19-18(22-24-20(19)25)15-11-10-13-6-2-3-7-14(13)12-15/h2-12H,1H3,(H2,22,24,25). The molecule has 6 nitrogen and oxygen atoms in total. The van der Waals surface area contributed by atoms with Crippen molar-refractivity contribution in [2.24, 2.45) is 10.2 Å². The molecule has 0 amide bonds. The van der Waals surface area contributed by atoms with Gasteiger partial charge in [0.25, 0.3) is 5.56 Å². The Morgan fingerprint density at radius 3 is 2.46 bits per heavy atom. The fourth-order valence-electron chi connectivity index (χ4n) is 2.82. The van der Waals surface area contributed by atoms with Crippen LogP contribution in [0.25, 0.3) is 22.0 Å². The summed E-state index contributed by atoms with van der Waals surface area (Å²) in [4.78, 5) is 12.2. The van der Waals surface area contributed by atoms with Gasteiger partial charge in [0.2, 0.25) is 0 Å². The summed E-state index contributed by atoms with van der Waals surface area (Å²) in [7, 11) is 1.57. The van der Waals surface area contributed by atoms with Gasteiger partial charge in [-0.1, -0.05) is 48.5 Å². The maximum Gasteiger partial charge on any atom is 0.292 e. The number of azo groups is 1. The second kappa shape index (κ2) is 6.68. The van der Waals surface area contributed by atoms with Gasteiger partial charge in [0, 0.05) is 5.56 Å². The quantitative estimate of drug-likeness (QED) is 0.514. The van der Waals surface area contributed by atoms with Gasteiger partial charge in [-0.3, -0.25) is 15.0 Å². The molecule has 4 rings (SSSR count). The Bertz CT molecular complexity index is 1160. The summed E-state index contributed by atoms with van der Waals surface area (Å²) in [6.07, 6.45) is 0. The van der Waals surface area contributed by atoms with E-state index in [1.807, 2.05) is 54.6 Å². The van der Waals surface area contributed by atoms with Crippen molar-refractivity contribution in [3.63, 3.8) is 0 Å². The predicted molar refractivity (Wildman–Crippen MR) is 102 cm³/mol. The third-order valence-corrected chi connectivity index (χ3v) is 4.13. The van der Waals surface area contributed by atoms with E-state index >= 15 is 0 Å². The second-order valence-corrected chi connectivity index (χ2v) is 5.74. The Kier molecular flexibility index (Phi) is 4.07. The zero-order valence-corrected chi connectivity index (χ0v) is 14.1. The molecule has 6 heteroatoms. The molecule has 0 bridgehead atoms. The highest BCUT2D eigenvalue weighted by Gasteiger charge is 2.12. The Morgan fingerprint density at radius 1 is 0.846 bits per heavy atom. The van der Waals surface area contributed by atoms with Crippen LogP contribution in [0.5, 0.6) is 5.75 Å². The number of aromatic nitrogens is 2. The first-order valence-corrected chi connectivity index (χ1v) is 8.11. The summed E-state index contributed by atoms with van der Waals surface area (Å²) in [5.41, 5.74) is 1.91. The molecule has 0 saturated heterocycles. The molecular weight excluding hydrogens is 328 g/mol. The van der Waals surface area contributed by atoms with Gasteiger partial charge in [-0.15, -0.1) is 10.2 Å². The lowest BCUT2D eigenvalue weighted by Crippen LogP contribution is -1.96. The smallest absolute Gasteiger partial charge is 0.292 e. The van der Waals surface area contributed by atoms with Gasteiger partial charge in [0.15, 0.2) is 5.69 Å². The van der Waals surface area contributed by atoms with Crippen LogP contribution in [0.2, 0.25) is 0 Å². The summed E-state index contributed by atoms with van der Waals surface area (Å²) >= 11 is 0. The van der Waals surface area contributed by atoms with Crippen molar-refractivity contribution in [1.82, 2.24) is 10.2 Å². The molecule has 0 spiro atoms. The van der Waals surface area contributed by atoms with Crippen LogP contribution in [-0.2, 0) is 0 Å². The van der Waals surface area contributed by atoms with Crippen LogP contribution in [0.4, 0.5) is 11.4 Å². The fraction of sp³-hybridized carbons (Fsp3) is 0.0500. The summed E-state index contributed by atoms with van der Waals surface area (Å²) < 4.78 is 5.26. The molecule has 0 saturated carbocycles. The Balaban J connectivity index is 1.77. The molecule has 0 fully saturated rings. The molecule has 4 aromatic rings. The highest BCUT2D eigenvalue weighted by atomic mass is 16.5. The molecule has 2 N–H and O–H groups in total. The molecule has 128 valence electrons. The van der Waals surface area contributed by atoms with Gasteiger partial charge >= 0.3 is 0 Å². The van der Waals surface area contributed by atoms with Crippen molar-refractivity contribution >= 4 is 22.1 Å². The van der Waals surface area contributed by atoms with E-state index in [-0.39, 0.29) is 11.2 Å². The Morgan fingerprint density at radius 2 is 1.62 bits per heavy atom. The minimum Gasteiger partial charge on any atom is -0.494 e. The number of fused-ring (bicyclic) bond motifs is 1. The van der Waals surface area contributed by atoms with Gasteiger partial charge in [-0.05, 0) is 29.0 Å². The third kappa shape index (κ3) is 2.88. The van der Waals surface area contributed by atoms with Crippen molar-refractivity contribution in [3.8, 4) is 17.0 Å². The van der Waals surface area contributed by atoms with E-state index in [4.69, 9.17) is 4.74 Å². The predicted octanol–water partition coefficient (Wildman–Crippen LogP) is 4.95. The molecule has 1 aromatic heterocycles. The van der Waals surface area contributed by atoms with Gasteiger partial charge in [0.1, 0.15) is 11.4 Å². The van der Waals surface area contributed by atoms with Crippen LogP contribution in [0.15, 0.2) is 81.8 Å². The van der Waals surface area contributed by atoms with Crippen LogP contribution in [0.1, 0.15) is 0 Å². The summed E-state index contributed by atoms with van der Waals surface area (Å²) in [6.45, 7) is 0. The van der Waals surface area contributed by atoms with Gasteiger partial charge in [0.05, 0.1) is 12.8 Å². The number of aromatic amines is 2. The summed E-state index contributed by atoms with van der Waals surface area (Å²) in [6, 6.07) is 21.3. The normalized spacial score (nSPS) is 11.3. The van der Waals surface area contributed by atoms with E-state index in [0.29, 0.717) is 17.1 Å². The molecule has 0 aliphatic rings. The molecule has 0 aliphatic carbocycles. The van der Waals surface area contributed by atoms with Crippen molar-refractivity contribution in [2.45, 2.75) is 0 Å². The molecule has 26 heavy (non-hydrogen) atoms. The first-order chi connectivity index (χ1) is 12.8. The minimum atomic E-state index is -0.327. The maximum absolute atomic E-state index is 12.2. The number of hydrogen-bond donors (Lipinski definition) is 2. The number of hydrogen-bond acceptors (Lipinski definition) is 4. The molecule has 0 aliphatic heterocycles. The molecule has 0 atom stereocenters. The van der Waals surface area contributed by atoms with Gasteiger partial charge in [-0.2, -0.15) is 0 Å². The number of benzene rings is 3. The number of rotatable bonds is 4. The van der Waals surface area contributed by atoms with Crippen LogP contribution in [-0.4, -0.2) is 17.3 Å². The van der Waals surface area contributed by atoms with E-state index in [1.165, 1.54) is 0 Å². The fourth-order valence-corrected chi connectivity index (χ4v) is 2.82. The lowest BCUT2D eigenvalue weighted by atomic mass is 10.0. The SMILES string of the molecule is COc1ccccc1N=Nc1c(-c2ccc3ccccc3c2)[nH][nH]c1=O. The number of ether oxygens (including phenoxy) is 1. The molecule has 0 unspecified atom stereocenters. The lowest BCUT2D eigenvalue weighted by Gasteiger charge is -2.03. The van der Waals surface area contributed by atoms with Crippen molar-refractivity contribution in [3.05, 3.63) is 77.1 Å². The average Bonchev–Trinajstić information content (AvgIpc) is 3.06. The van der Waals surface area contributed by atoms with E-state index in [9.17, 15) is 4.79 Å². The monoisotopic (exact) mass is 344 g/mol. The summed E-state index contributed by atoms with van der Waals surface area (Å²) in [5, 5.41) is 16.1. The maximum atomic E-state index is 12.2. The van der Waals surface area contributed by atoms with Crippen molar-refractivity contribution in [1.29, 1.82) is 0 Å². The first-order valence-electron chi connectivity index (χ1n) is 8.11. The van der Waals surface area contributed by atoms with Crippen LogP contribution in [0.3, 0.4) is 0 Å². The molecule has 1 heterocycles. The van der Waals surface area contributed by atoms with E-state index in [2.05, 4.69) is 20.4 Å². The number of nitrogens with one attached hydrogen (secondary N) is 2. The van der Waals surface area contributed by atoms with Crippen molar-refractivity contribution in [2.75, 3.05) is 7.11 Å². The molecule has 3 aromatic carbocycles. The van der Waals surface area contributed by atoms with E-state index < -0.39 is 0 Å². The topological polar surface area (TPSA) is 82.6 Å². The van der Waals surface area contributed by atoms with Crippen LogP contribution in [0, 0.1) is 0 Å². The highest BCUT2D eigenvalue weighted by Crippen LogP contribution is 2.31. The Hall–Kier alpha value is -3.67. The van der Waals surface area contributed by atoms with Gasteiger partial charge < -0.3 is 4.74 Å². The van der Waals surface area contributed by atoms with Crippen molar-refractivity contribution < 1.29 is 4.74 Å². The average molecular weight is 344 g/mol. The van der Waals surface area contributed by atoms with Crippen LogP contribution < -0.4 is 10.3 Å². The first kappa shape index (κ1) is 15.8. The minimum absolute atomic E-state index is 0.228. The lowest BCUT2D eigenvalue weighted by molar-refractivity contribution is 0.416. The van der Waals surface area contributed by atoms with Gasteiger partial charge in [-0.25, -0.2) is 0 Å².